The summed E-state index contributed by atoms with van der Waals surface area (Å²) >= 11 is 1.83. The summed E-state index contributed by atoms with van der Waals surface area (Å²) in [7, 11) is 0. The number of carbonyl (C=O) groups excluding carboxylic acids is 1. The molecule has 1 atom stereocenters. The van der Waals surface area contributed by atoms with E-state index in [-0.39, 0.29) is 11.7 Å². The first-order chi connectivity index (χ1) is 13.1. The first-order valence-electron chi connectivity index (χ1n) is 9.28. The van der Waals surface area contributed by atoms with E-state index < -0.39 is 0 Å². The largest absolute Gasteiger partial charge is 0.419 e. The number of fused-ring (bicyclic) bond motifs is 2. The topological polar surface area (TPSA) is 55.5 Å². The molecule has 2 heterocycles. The number of thioether (sulfide) groups is 1. The molecule has 140 valence electrons. The van der Waals surface area contributed by atoms with Crippen LogP contribution in [0.2, 0.25) is 0 Å². The molecule has 0 spiro atoms. The third kappa shape index (κ3) is 3.67. The van der Waals surface area contributed by atoms with Gasteiger partial charge in [-0.2, -0.15) is 0 Å². The van der Waals surface area contributed by atoms with E-state index in [4.69, 9.17) is 4.42 Å². The lowest BCUT2D eigenvalue weighted by molar-refractivity contribution is -0.118. The van der Waals surface area contributed by atoms with Gasteiger partial charge in [0.05, 0.1) is 11.2 Å². The molecule has 0 fully saturated rings. The highest BCUT2D eigenvalue weighted by molar-refractivity contribution is 8.00. The van der Waals surface area contributed by atoms with E-state index in [1.807, 2.05) is 53.1 Å². The van der Waals surface area contributed by atoms with Crippen molar-refractivity contribution in [2.75, 3.05) is 11.4 Å². The molecule has 3 aromatic rings. The number of hydrogen-bond donors (Lipinski definition) is 0. The quantitative estimate of drug-likeness (QED) is 0.675. The van der Waals surface area contributed by atoms with E-state index in [9.17, 15) is 9.59 Å². The average Bonchev–Trinajstić information content (AvgIpc) is 2.87. The van der Waals surface area contributed by atoms with E-state index in [1.54, 1.807) is 10.6 Å². The van der Waals surface area contributed by atoms with Crippen LogP contribution in [-0.4, -0.2) is 22.3 Å². The van der Waals surface area contributed by atoms with E-state index in [2.05, 4.69) is 13.0 Å². The Morgan fingerprint density at radius 1 is 1.19 bits per heavy atom. The number of rotatable bonds is 4. The second-order valence-corrected chi connectivity index (χ2v) is 8.30. The lowest BCUT2D eigenvalue weighted by Crippen LogP contribution is -2.32. The van der Waals surface area contributed by atoms with Gasteiger partial charge in [0.15, 0.2) is 5.58 Å². The number of benzene rings is 2. The fourth-order valence-corrected chi connectivity index (χ4v) is 4.61. The summed E-state index contributed by atoms with van der Waals surface area (Å²) in [6.45, 7) is 3.41. The molecule has 0 saturated carbocycles. The Kier molecular flexibility index (Phi) is 5.07. The summed E-state index contributed by atoms with van der Waals surface area (Å²) in [5.74, 6) is -0.257. The molecule has 1 amide bonds. The number of nitrogens with zero attached hydrogens (tertiary/aromatic N) is 2. The number of carbonyl (C=O) groups is 1. The standard InChI is InChI=1S/C21H22N2O3S/c1-15-12-14-22(17-8-3-5-10-19(17)27-15)20(24)11-6-13-23-16-7-2-4-9-18(16)26-21(23)25/h2-5,7-10,15H,6,11-14H2,1H3. The van der Waals surface area contributed by atoms with Gasteiger partial charge in [0, 0.05) is 29.7 Å². The summed E-state index contributed by atoms with van der Waals surface area (Å²) in [4.78, 5) is 28.0. The van der Waals surface area contributed by atoms with Crippen LogP contribution in [0.5, 0.6) is 0 Å². The first-order valence-corrected chi connectivity index (χ1v) is 10.2. The Balaban J connectivity index is 1.47. The number of aromatic nitrogens is 1. The van der Waals surface area contributed by atoms with E-state index in [0.717, 1.165) is 29.1 Å². The van der Waals surface area contributed by atoms with Crippen molar-refractivity contribution in [2.45, 2.75) is 42.9 Å². The molecule has 27 heavy (non-hydrogen) atoms. The maximum atomic E-state index is 12.9. The van der Waals surface area contributed by atoms with Gasteiger partial charge in [0.1, 0.15) is 0 Å². The maximum absolute atomic E-state index is 12.9. The van der Waals surface area contributed by atoms with E-state index in [0.29, 0.717) is 30.2 Å². The monoisotopic (exact) mass is 382 g/mol. The van der Waals surface area contributed by atoms with Gasteiger partial charge < -0.3 is 9.32 Å². The molecular weight excluding hydrogens is 360 g/mol. The summed E-state index contributed by atoms with van der Waals surface area (Å²) in [5.41, 5.74) is 2.37. The fraction of sp³-hybridized carbons (Fsp3) is 0.333. The Morgan fingerprint density at radius 3 is 2.85 bits per heavy atom. The Hall–Kier alpha value is -2.47. The molecule has 0 radical (unpaired) electrons. The predicted molar refractivity (Wildman–Crippen MR) is 108 cm³/mol. The van der Waals surface area contributed by atoms with Crippen molar-refractivity contribution in [1.82, 2.24) is 4.57 Å². The van der Waals surface area contributed by atoms with Crippen LogP contribution in [0.3, 0.4) is 0 Å². The summed E-state index contributed by atoms with van der Waals surface area (Å²) < 4.78 is 6.87. The van der Waals surface area contributed by atoms with Crippen LogP contribution < -0.4 is 10.7 Å². The third-order valence-corrected chi connectivity index (χ3v) is 6.13. The minimum absolute atomic E-state index is 0.109. The second kappa shape index (κ2) is 7.64. The van der Waals surface area contributed by atoms with Crippen LogP contribution in [0, 0.1) is 0 Å². The van der Waals surface area contributed by atoms with Gasteiger partial charge in [-0.3, -0.25) is 9.36 Å². The van der Waals surface area contributed by atoms with Crippen molar-refractivity contribution in [3.8, 4) is 0 Å². The van der Waals surface area contributed by atoms with Gasteiger partial charge in [-0.1, -0.05) is 31.2 Å². The minimum Gasteiger partial charge on any atom is -0.408 e. The molecule has 4 rings (SSSR count). The number of hydrogen-bond acceptors (Lipinski definition) is 4. The highest BCUT2D eigenvalue weighted by atomic mass is 32.2. The SMILES string of the molecule is CC1CCN(C(=O)CCCn2c(=O)oc3ccccc32)c2ccccc2S1. The van der Waals surface area contributed by atoms with Crippen molar-refractivity contribution >= 4 is 34.5 Å². The van der Waals surface area contributed by atoms with Crippen molar-refractivity contribution in [3.63, 3.8) is 0 Å². The Labute approximate surface area is 162 Å². The van der Waals surface area contributed by atoms with Crippen LogP contribution in [0.1, 0.15) is 26.2 Å². The first kappa shape index (κ1) is 17.9. The maximum Gasteiger partial charge on any atom is 0.419 e. The van der Waals surface area contributed by atoms with Gasteiger partial charge in [0.2, 0.25) is 5.91 Å². The molecular formula is C21H22N2O3S. The normalized spacial score (nSPS) is 16.9. The average molecular weight is 382 g/mol. The van der Waals surface area contributed by atoms with Crippen LogP contribution >= 0.6 is 11.8 Å². The van der Waals surface area contributed by atoms with Crippen molar-refractivity contribution in [2.24, 2.45) is 0 Å². The molecule has 6 heteroatoms. The molecule has 1 unspecified atom stereocenters. The molecule has 1 aliphatic rings. The third-order valence-electron chi connectivity index (χ3n) is 4.89. The van der Waals surface area contributed by atoms with Crippen molar-refractivity contribution < 1.29 is 9.21 Å². The van der Waals surface area contributed by atoms with Gasteiger partial charge in [-0.25, -0.2) is 4.79 Å². The van der Waals surface area contributed by atoms with Gasteiger partial charge in [-0.15, -0.1) is 11.8 Å². The number of anilines is 1. The highest BCUT2D eigenvalue weighted by Crippen LogP contribution is 2.37. The smallest absolute Gasteiger partial charge is 0.408 e. The molecule has 0 N–H and O–H groups in total. The van der Waals surface area contributed by atoms with Crippen LogP contribution in [0.25, 0.3) is 11.1 Å². The molecule has 0 bridgehead atoms. The summed E-state index contributed by atoms with van der Waals surface area (Å²) in [6, 6.07) is 15.5. The van der Waals surface area contributed by atoms with Crippen LogP contribution in [0.4, 0.5) is 5.69 Å². The summed E-state index contributed by atoms with van der Waals surface area (Å²) in [5, 5.41) is 0.486. The van der Waals surface area contributed by atoms with Crippen molar-refractivity contribution in [1.29, 1.82) is 0 Å². The second-order valence-electron chi connectivity index (χ2n) is 6.82. The Morgan fingerprint density at radius 2 is 1.96 bits per heavy atom. The van der Waals surface area contributed by atoms with Gasteiger partial charge in [-0.05, 0) is 37.1 Å². The van der Waals surface area contributed by atoms with Crippen LogP contribution in [0.15, 0.2) is 62.6 Å². The lowest BCUT2D eigenvalue weighted by atomic mass is 10.2. The lowest BCUT2D eigenvalue weighted by Gasteiger charge is -2.22. The van der Waals surface area contributed by atoms with Gasteiger partial charge in [0.25, 0.3) is 0 Å². The number of oxazole rings is 1. The molecule has 1 aromatic heterocycles. The molecule has 0 aliphatic carbocycles. The highest BCUT2D eigenvalue weighted by Gasteiger charge is 2.23. The summed E-state index contributed by atoms with van der Waals surface area (Å²) in [6.07, 6.45) is 1.97. The molecule has 2 aromatic carbocycles. The number of amides is 1. The predicted octanol–water partition coefficient (Wildman–Crippen LogP) is 4.29. The number of para-hydroxylation sites is 3. The fourth-order valence-electron chi connectivity index (χ4n) is 3.49. The zero-order valence-electron chi connectivity index (χ0n) is 15.3. The zero-order valence-corrected chi connectivity index (χ0v) is 16.1. The zero-order chi connectivity index (χ0) is 18.8. The number of aryl methyl sites for hydroxylation is 1. The Bertz CT molecular complexity index is 1020. The van der Waals surface area contributed by atoms with Crippen LogP contribution in [-0.2, 0) is 11.3 Å². The van der Waals surface area contributed by atoms with Crippen molar-refractivity contribution in [3.05, 3.63) is 59.1 Å². The van der Waals surface area contributed by atoms with Gasteiger partial charge >= 0.3 is 5.76 Å². The van der Waals surface area contributed by atoms with E-state index >= 15 is 0 Å². The molecule has 0 saturated heterocycles. The minimum atomic E-state index is -0.367. The molecule has 1 aliphatic heterocycles. The molecule has 5 nitrogen and oxygen atoms in total. The van der Waals surface area contributed by atoms with E-state index in [1.165, 1.54) is 0 Å².